The third kappa shape index (κ3) is 2.84. The van der Waals surface area contributed by atoms with Crippen LogP contribution in [-0.4, -0.2) is 17.1 Å². The summed E-state index contributed by atoms with van der Waals surface area (Å²) in [5, 5.41) is 4.88. The van der Waals surface area contributed by atoms with Crippen molar-refractivity contribution in [2.45, 2.75) is 6.92 Å². The Hall–Kier alpha value is -2.88. The van der Waals surface area contributed by atoms with E-state index in [1.54, 1.807) is 12.4 Å². The summed E-state index contributed by atoms with van der Waals surface area (Å²) in [4.78, 5) is 15.2. The van der Waals surface area contributed by atoms with Gasteiger partial charge in [-0.3, -0.25) is 4.79 Å². The number of amides is 1. The van der Waals surface area contributed by atoms with Crippen LogP contribution in [0.1, 0.15) is 21.5 Å². The highest BCUT2D eigenvalue weighted by molar-refractivity contribution is 6.06. The van der Waals surface area contributed by atoms with Gasteiger partial charge in [-0.2, -0.15) is 5.10 Å². The first-order valence-electron chi connectivity index (χ1n) is 6.70. The Morgan fingerprint density at radius 1 is 1.14 bits per heavy atom. The first-order valence-corrected chi connectivity index (χ1v) is 6.70. The lowest BCUT2D eigenvalue weighted by Crippen LogP contribution is -2.17. The number of rotatable bonds is 3. The summed E-state index contributed by atoms with van der Waals surface area (Å²) in [5.41, 5.74) is 6.21. The third-order valence-corrected chi connectivity index (χ3v) is 3.29. The molecule has 4 nitrogen and oxygen atoms in total. The minimum atomic E-state index is -0.226. The molecule has 104 valence electrons. The summed E-state index contributed by atoms with van der Waals surface area (Å²) < 4.78 is 0. The first-order chi connectivity index (χ1) is 10.2. The molecule has 0 atom stereocenters. The van der Waals surface area contributed by atoms with E-state index in [2.05, 4.69) is 15.5 Å². The Balaban J connectivity index is 1.73. The van der Waals surface area contributed by atoms with E-state index in [0.717, 1.165) is 16.5 Å². The van der Waals surface area contributed by atoms with Crippen molar-refractivity contribution >= 4 is 23.0 Å². The van der Waals surface area contributed by atoms with E-state index in [0.29, 0.717) is 5.56 Å². The number of hydrogen-bond acceptors (Lipinski definition) is 2. The molecule has 0 aliphatic heterocycles. The Labute approximate surface area is 122 Å². The maximum atomic E-state index is 12.1. The zero-order chi connectivity index (χ0) is 14.7. The summed E-state index contributed by atoms with van der Waals surface area (Å²) in [6, 6.07) is 15.6. The number of aromatic nitrogens is 1. The van der Waals surface area contributed by atoms with Crippen LogP contribution in [0.5, 0.6) is 0 Å². The van der Waals surface area contributed by atoms with Crippen LogP contribution in [0.2, 0.25) is 0 Å². The Morgan fingerprint density at radius 2 is 1.90 bits per heavy atom. The second-order valence-electron chi connectivity index (χ2n) is 4.86. The van der Waals surface area contributed by atoms with Crippen molar-refractivity contribution < 1.29 is 4.79 Å². The van der Waals surface area contributed by atoms with Gasteiger partial charge >= 0.3 is 0 Å². The largest absolute Gasteiger partial charge is 0.360 e. The van der Waals surface area contributed by atoms with E-state index >= 15 is 0 Å². The van der Waals surface area contributed by atoms with Gasteiger partial charge in [0, 0.05) is 17.1 Å². The Morgan fingerprint density at radius 3 is 2.71 bits per heavy atom. The van der Waals surface area contributed by atoms with Gasteiger partial charge in [0.2, 0.25) is 0 Å². The van der Waals surface area contributed by atoms with E-state index in [1.807, 2.05) is 55.5 Å². The highest BCUT2D eigenvalue weighted by Gasteiger charge is 2.10. The number of hydrogen-bond donors (Lipinski definition) is 2. The number of nitrogens with zero attached hydrogens (tertiary/aromatic N) is 1. The van der Waals surface area contributed by atoms with E-state index in [1.165, 1.54) is 5.56 Å². The maximum Gasteiger partial charge on any atom is 0.273 e. The van der Waals surface area contributed by atoms with Crippen molar-refractivity contribution in [1.82, 2.24) is 10.4 Å². The average Bonchev–Trinajstić information content (AvgIpc) is 2.93. The van der Waals surface area contributed by atoms with Crippen LogP contribution in [0.25, 0.3) is 10.9 Å². The maximum absolute atomic E-state index is 12.1. The number of carbonyl (C=O) groups is 1. The van der Waals surface area contributed by atoms with Crippen molar-refractivity contribution in [1.29, 1.82) is 0 Å². The Kier molecular flexibility index (Phi) is 3.51. The average molecular weight is 277 g/mol. The minimum Gasteiger partial charge on any atom is -0.360 e. The van der Waals surface area contributed by atoms with Gasteiger partial charge in [0.25, 0.3) is 5.91 Å². The lowest BCUT2D eigenvalue weighted by molar-refractivity contribution is 0.0957. The summed E-state index contributed by atoms with van der Waals surface area (Å²) >= 11 is 0. The molecule has 1 amide bonds. The van der Waals surface area contributed by atoms with Crippen molar-refractivity contribution in [2.75, 3.05) is 0 Å². The molecule has 0 aliphatic rings. The summed E-state index contributed by atoms with van der Waals surface area (Å²) in [6.07, 6.45) is 3.33. The molecule has 0 unspecified atom stereocenters. The monoisotopic (exact) mass is 277 g/mol. The molecule has 0 bridgehead atoms. The fourth-order valence-corrected chi connectivity index (χ4v) is 2.14. The molecule has 0 radical (unpaired) electrons. The van der Waals surface area contributed by atoms with Gasteiger partial charge in [0.1, 0.15) is 0 Å². The zero-order valence-corrected chi connectivity index (χ0v) is 11.6. The molecule has 0 saturated heterocycles. The van der Waals surface area contributed by atoms with Gasteiger partial charge in [0.15, 0.2) is 0 Å². The molecule has 0 fully saturated rings. The summed E-state index contributed by atoms with van der Waals surface area (Å²) in [7, 11) is 0. The molecule has 0 spiro atoms. The van der Waals surface area contributed by atoms with Crippen molar-refractivity contribution in [3.05, 3.63) is 71.4 Å². The minimum absolute atomic E-state index is 0.226. The van der Waals surface area contributed by atoms with Crippen molar-refractivity contribution in [3.8, 4) is 0 Å². The van der Waals surface area contributed by atoms with Gasteiger partial charge in [-0.05, 0) is 18.6 Å². The smallest absolute Gasteiger partial charge is 0.273 e. The second-order valence-corrected chi connectivity index (χ2v) is 4.86. The normalized spacial score (nSPS) is 11.1. The molecular weight excluding hydrogens is 262 g/mol. The number of carbonyl (C=O) groups excluding carboxylic acids is 1. The number of H-pyrrole nitrogens is 1. The third-order valence-electron chi connectivity index (χ3n) is 3.29. The van der Waals surface area contributed by atoms with Gasteiger partial charge in [-0.15, -0.1) is 0 Å². The van der Waals surface area contributed by atoms with Gasteiger partial charge in [0.05, 0.1) is 11.8 Å². The highest BCUT2D eigenvalue weighted by Crippen LogP contribution is 2.17. The van der Waals surface area contributed by atoms with Gasteiger partial charge < -0.3 is 4.98 Å². The van der Waals surface area contributed by atoms with Crippen molar-refractivity contribution in [2.24, 2.45) is 5.10 Å². The first kappa shape index (κ1) is 13.1. The molecule has 2 aromatic carbocycles. The molecule has 3 rings (SSSR count). The predicted molar refractivity (Wildman–Crippen MR) is 84.5 cm³/mol. The van der Waals surface area contributed by atoms with Gasteiger partial charge in [-0.25, -0.2) is 5.43 Å². The molecule has 0 saturated carbocycles. The molecule has 4 heteroatoms. The number of hydrazone groups is 1. The number of para-hydroxylation sites is 1. The zero-order valence-electron chi connectivity index (χ0n) is 11.6. The molecule has 1 aromatic heterocycles. The molecule has 1 heterocycles. The van der Waals surface area contributed by atoms with Gasteiger partial charge in [-0.1, -0.05) is 48.0 Å². The fraction of sp³-hybridized carbons (Fsp3) is 0.0588. The van der Waals surface area contributed by atoms with Crippen LogP contribution in [0.4, 0.5) is 0 Å². The molecule has 0 aliphatic carbocycles. The lowest BCUT2D eigenvalue weighted by Gasteiger charge is -1.98. The number of aromatic amines is 1. The molecule has 2 N–H and O–H groups in total. The van der Waals surface area contributed by atoms with E-state index in [9.17, 15) is 4.79 Å². The van der Waals surface area contributed by atoms with E-state index in [-0.39, 0.29) is 5.91 Å². The van der Waals surface area contributed by atoms with Crippen LogP contribution in [0, 0.1) is 6.92 Å². The number of fused-ring (bicyclic) bond motifs is 1. The van der Waals surface area contributed by atoms with Crippen LogP contribution < -0.4 is 5.43 Å². The Bertz CT molecular complexity index is 800. The summed E-state index contributed by atoms with van der Waals surface area (Å²) in [5.74, 6) is -0.226. The topological polar surface area (TPSA) is 57.2 Å². The quantitative estimate of drug-likeness (QED) is 0.560. The second kappa shape index (κ2) is 5.63. The SMILES string of the molecule is Cc1ccc(C=NNC(=O)c2c[nH]c3ccccc23)cc1. The molecule has 21 heavy (non-hydrogen) atoms. The molecule has 3 aromatic rings. The van der Waals surface area contributed by atoms with Crippen LogP contribution in [-0.2, 0) is 0 Å². The number of aryl methyl sites for hydroxylation is 1. The van der Waals surface area contributed by atoms with Crippen LogP contribution in [0.3, 0.4) is 0 Å². The number of benzene rings is 2. The standard InChI is InChI=1S/C17H15N3O/c1-12-6-8-13(9-7-12)10-19-20-17(21)15-11-18-16-5-3-2-4-14(15)16/h2-11,18H,1H3,(H,20,21). The van der Waals surface area contributed by atoms with Crippen LogP contribution >= 0.6 is 0 Å². The van der Waals surface area contributed by atoms with Crippen molar-refractivity contribution in [3.63, 3.8) is 0 Å². The predicted octanol–water partition coefficient (Wildman–Crippen LogP) is 3.24. The van der Waals surface area contributed by atoms with E-state index in [4.69, 9.17) is 0 Å². The highest BCUT2D eigenvalue weighted by atomic mass is 16.2. The summed E-state index contributed by atoms with van der Waals surface area (Å²) in [6.45, 7) is 2.03. The van der Waals surface area contributed by atoms with Crippen LogP contribution in [0.15, 0.2) is 59.8 Å². The van der Waals surface area contributed by atoms with E-state index < -0.39 is 0 Å². The molecular formula is C17H15N3O. The lowest BCUT2D eigenvalue weighted by atomic mass is 10.2. The fourth-order valence-electron chi connectivity index (χ4n) is 2.14. The number of nitrogens with one attached hydrogen (secondary N) is 2.